The summed E-state index contributed by atoms with van der Waals surface area (Å²) in [5.74, 6) is 0.876. The first-order valence-electron chi connectivity index (χ1n) is 7.82. The van der Waals surface area contributed by atoms with Crippen molar-refractivity contribution in [2.24, 2.45) is 5.92 Å². The van der Waals surface area contributed by atoms with Gasteiger partial charge in [-0.2, -0.15) is 0 Å². The van der Waals surface area contributed by atoms with Crippen molar-refractivity contribution in [2.75, 3.05) is 39.8 Å². The normalized spacial score (nSPS) is 28.2. The summed E-state index contributed by atoms with van der Waals surface area (Å²) in [5.41, 5.74) is 0. The summed E-state index contributed by atoms with van der Waals surface area (Å²) in [7, 11) is 2.25. The molecular weight excluding hydrogens is 222 g/mol. The molecule has 0 radical (unpaired) electrons. The van der Waals surface area contributed by atoms with E-state index in [1.807, 2.05) is 0 Å². The smallest absolute Gasteiger partial charge is 0.0122 e. The Morgan fingerprint density at radius 3 is 2.50 bits per heavy atom. The lowest BCUT2D eigenvalue weighted by Gasteiger charge is -2.42. The molecule has 1 N–H and O–H groups in total. The van der Waals surface area contributed by atoms with E-state index in [0.29, 0.717) is 6.04 Å². The molecule has 0 aromatic heterocycles. The van der Waals surface area contributed by atoms with Crippen molar-refractivity contribution in [2.45, 2.75) is 51.6 Å². The Balaban J connectivity index is 1.86. The molecule has 0 aromatic rings. The highest BCUT2D eigenvalue weighted by atomic mass is 15.2. The van der Waals surface area contributed by atoms with Crippen molar-refractivity contribution in [1.29, 1.82) is 0 Å². The summed E-state index contributed by atoms with van der Waals surface area (Å²) < 4.78 is 0. The van der Waals surface area contributed by atoms with E-state index in [1.54, 1.807) is 0 Å². The van der Waals surface area contributed by atoms with Gasteiger partial charge >= 0.3 is 0 Å². The highest BCUT2D eigenvalue weighted by Crippen LogP contribution is 2.21. The van der Waals surface area contributed by atoms with Crippen molar-refractivity contribution in [3.63, 3.8) is 0 Å². The first-order chi connectivity index (χ1) is 8.66. The van der Waals surface area contributed by atoms with Gasteiger partial charge in [0.25, 0.3) is 0 Å². The third-order valence-corrected chi connectivity index (χ3v) is 4.69. The Hall–Kier alpha value is -0.120. The number of rotatable bonds is 4. The van der Waals surface area contributed by atoms with Crippen LogP contribution in [0.4, 0.5) is 0 Å². The number of piperidine rings is 2. The van der Waals surface area contributed by atoms with Crippen LogP contribution in [-0.4, -0.2) is 61.7 Å². The van der Waals surface area contributed by atoms with Crippen molar-refractivity contribution in [3.8, 4) is 0 Å². The Bertz CT molecular complexity index is 228. The minimum absolute atomic E-state index is 0.695. The van der Waals surface area contributed by atoms with Gasteiger partial charge in [0.2, 0.25) is 0 Å². The second-order valence-electron chi connectivity index (χ2n) is 6.54. The maximum atomic E-state index is 3.55. The third kappa shape index (κ3) is 3.94. The fourth-order valence-electron chi connectivity index (χ4n) is 3.49. The largest absolute Gasteiger partial charge is 0.316 e. The van der Waals surface area contributed by atoms with Crippen LogP contribution in [0.5, 0.6) is 0 Å². The molecule has 0 aromatic carbocycles. The predicted octanol–water partition coefficient (Wildman–Crippen LogP) is 1.79. The predicted molar refractivity (Wildman–Crippen MR) is 78.0 cm³/mol. The fourth-order valence-corrected chi connectivity index (χ4v) is 3.49. The standard InChI is InChI=1S/C15H31N3/c1-13(2)18(12-14-5-4-8-16-11-14)15-6-9-17(3)10-7-15/h13-16H,4-12H2,1-3H3. The third-order valence-electron chi connectivity index (χ3n) is 4.69. The molecule has 1 unspecified atom stereocenters. The monoisotopic (exact) mass is 253 g/mol. The molecule has 2 fully saturated rings. The zero-order chi connectivity index (χ0) is 13.0. The number of likely N-dealkylation sites (tertiary alicyclic amines) is 1. The fraction of sp³-hybridized carbons (Fsp3) is 1.00. The van der Waals surface area contributed by atoms with Crippen molar-refractivity contribution < 1.29 is 0 Å². The van der Waals surface area contributed by atoms with Crippen LogP contribution in [0, 0.1) is 5.92 Å². The first kappa shape index (κ1) is 14.3. The molecular formula is C15H31N3. The van der Waals surface area contributed by atoms with E-state index in [2.05, 4.69) is 36.0 Å². The molecule has 106 valence electrons. The van der Waals surface area contributed by atoms with Crippen LogP contribution in [0.15, 0.2) is 0 Å². The summed E-state index contributed by atoms with van der Waals surface area (Å²) in [5, 5.41) is 3.55. The molecule has 3 nitrogen and oxygen atoms in total. The van der Waals surface area contributed by atoms with E-state index in [1.165, 1.54) is 58.4 Å². The first-order valence-corrected chi connectivity index (χ1v) is 7.82. The van der Waals surface area contributed by atoms with Crippen LogP contribution in [0.1, 0.15) is 39.5 Å². The number of nitrogens with one attached hydrogen (secondary N) is 1. The molecule has 0 saturated carbocycles. The summed E-state index contributed by atoms with van der Waals surface area (Å²) in [6.07, 6.45) is 5.50. The van der Waals surface area contributed by atoms with Gasteiger partial charge in [-0.3, -0.25) is 4.90 Å². The van der Waals surface area contributed by atoms with E-state index < -0.39 is 0 Å². The lowest BCUT2D eigenvalue weighted by atomic mass is 9.95. The average molecular weight is 253 g/mol. The molecule has 3 heteroatoms. The van der Waals surface area contributed by atoms with Gasteiger partial charge in [-0.1, -0.05) is 0 Å². The Morgan fingerprint density at radius 2 is 1.94 bits per heavy atom. The number of hydrogen-bond acceptors (Lipinski definition) is 3. The summed E-state index contributed by atoms with van der Waals surface area (Å²) >= 11 is 0. The molecule has 2 aliphatic heterocycles. The minimum Gasteiger partial charge on any atom is -0.316 e. The lowest BCUT2D eigenvalue weighted by molar-refractivity contribution is 0.0736. The van der Waals surface area contributed by atoms with E-state index in [9.17, 15) is 0 Å². The average Bonchev–Trinajstić information content (AvgIpc) is 2.38. The lowest BCUT2D eigenvalue weighted by Crippen LogP contribution is -2.50. The van der Waals surface area contributed by atoms with E-state index in [0.717, 1.165) is 12.0 Å². The van der Waals surface area contributed by atoms with Gasteiger partial charge in [0.1, 0.15) is 0 Å². The second kappa shape index (κ2) is 6.88. The van der Waals surface area contributed by atoms with E-state index in [-0.39, 0.29) is 0 Å². The van der Waals surface area contributed by atoms with Gasteiger partial charge < -0.3 is 10.2 Å². The van der Waals surface area contributed by atoms with E-state index in [4.69, 9.17) is 0 Å². The highest BCUT2D eigenvalue weighted by Gasteiger charge is 2.27. The van der Waals surface area contributed by atoms with Crippen LogP contribution in [0.3, 0.4) is 0 Å². The highest BCUT2D eigenvalue weighted by molar-refractivity contribution is 4.83. The van der Waals surface area contributed by atoms with Gasteiger partial charge in [-0.05, 0) is 78.7 Å². The number of nitrogens with zero attached hydrogens (tertiary/aromatic N) is 2. The zero-order valence-electron chi connectivity index (χ0n) is 12.5. The molecule has 2 saturated heterocycles. The molecule has 2 heterocycles. The zero-order valence-corrected chi connectivity index (χ0v) is 12.5. The second-order valence-corrected chi connectivity index (χ2v) is 6.54. The van der Waals surface area contributed by atoms with Crippen LogP contribution < -0.4 is 5.32 Å². The van der Waals surface area contributed by atoms with E-state index >= 15 is 0 Å². The van der Waals surface area contributed by atoms with Crippen molar-refractivity contribution >= 4 is 0 Å². The minimum atomic E-state index is 0.695. The van der Waals surface area contributed by atoms with Crippen LogP contribution in [0.2, 0.25) is 0 Å². The van der Waals surface area contributed by atoms with Gasteiger partial charge in [-0.25, -0.2) is 0 Å². The molecule has 2 aliphatic rings. The summed E-state index contributed by atoms with van der Waals surface area (Å²) in [4.78, 5) is 5.25. The van der Waals surface area contributed by atoms with Crippen LogP contribution in [-0.2, 0) is 0 Å². The molecule has 0 aliphatic carbocycles. The Morgan fingerprint density at radius 1 is 1.22 bits per heavy atom. The van der Waals surface area contributed by atoms with Gasteiger partial charge in [0, 0.05) is 18.6 Å². The van der Waals surface area contributed by atoms with Gasteiger partial charge in [0.05, 0.1) is 0 Å². The number of hydrogen-bond donors (Lipinski definition) is 1. The molecule has 0 spiro atoms. The summed E-state index contributed by atoms with van der Waals surface area (Å²) in [6.45, 7) is 11.1. The van der Waals surface area contributed by atoms with Crippen molar-refractivity contribution in [3.05, 3.63) is 0 Å². The summed E-state index contributed by atoms with van der Waals surface area (Å²) in [6, 6.07) is 1.52. The molecule has 0 amide bonds. The van der Waals surface area contributed by atoms with Crippen LogP contribution in [0.25, 0.3) is 0 Å². The molecule has 2 rings (SSSR count). The van der Waals surface area contributed by atoms with Gasteiger partial charge in [0.15, 0.2) is 0 Å². The maximum Gasteiger partial charge on any atom is 0.0122 e. The SMILES string of the molecule is CC(C)N(CC1CCCNC1)C1CCN(C)CC1. The Labute approximate surface area is 113 Å². The maximum absolute atomic E-state index is 3.55. The molecule has 0 bridgehead atoms. The molecule has 18 heavy (non-hydrogen) atoms. The quantitative estimate of drug-likeness (QED) is 0.824. The van der Waals surface area contributed by atoms with Crippen molar-refractivity contribution in [1.82, 2.24) is 15.1 Å². The van der Waals surface area contributed by atoms with Crippen LogP contribution >= 0.6 is 0 Å². The Kier molecular flexibility index (Phi) is 5.46. The topological polar surface area (TPSA) is 18.5 Å². The molecule has 1 atom stereocenters. The van der Waals surface area contributed by atoms with Gasteiger partial charge in [-0.15, -0.1) is 0 Å².